The molecule has 138 valence electrons. The number of aromatic nitrogens is 3. The molecule has 0 aliphatic carbocycles. The van der Waals surface area contributed by atoms with Gasteiger partial charge in [-0.05, 0) is 12.1 Å². The standard InChI is InChI=1S/C18H17N5O4/c1-26-18-13(8-5-10-20-18)21-17(25)16(24)19-11-9-14-22-15(23-27-14)12-6-3-2-4-7-12/h2-8,10H,9,11H2,1H3,(H,19,24)(H,21,25). The van der Waals surface area contributed by atoms with Crippen LogP contribution >= 0.6 is 0 Å². The number of hydrogen-bond acceptors (Lipinski definition) is 7. The van der Waals surface area contributed by atoms with Crippen LogP contribution in [-0.4, -0.2) is 40.6 Å². The van der Waals surface area contributed by atoms with E-state index >= 15 is 0 Å². The van der Waals surface area contributed by atoms with Crippen LogP contribution in [0.3, 0.4) is 0 Å². The van der Waals surface area contributed by atoms with E-state index in [4.69, 9.17) is 9.26 Å². The minimum atomic E-state index is -0.822. The van der Waals surface area contributed by atoms with E-state index in [1.807, 2.05) is 30.3 Å². The third-order valence-corrected chi connectivity index (χ3v) is 3.54. The maximum atomic E-state index is 12.0. The summed E-state index contributed by atoms with van der Waals surface area (Å²) in [7, 11) is 1.42. The van der Waals surface area contributed by atoms with Gasteiger partial charge < -0.3 is 19.9 Å². The van der Waals surface area contributed by atoms with E-state index in [1.54, 1.807) is 12.1 Å². The fourth-order valence-electron chi connectivity index (χ4n) is 2.25. The van der Waals surface area contributed by atoms with Crippen molar-refractivity contribution in [1.29, 1.82) is 0 Å². The number of pyridine rings is 1. The molecule has 0 bridgehead atoms. The lowest BCUT2D eigenvalue weighted by Crippen LogP contribution is -2.36. The molecule has 3 rings (SSSR count). The number of carbonyl (C=O) groups excluding carboxylic acids is 2. The summed E-state index contributed by atoms with van der Waals surface area (Å²) in [6.45, 7) is 0.173. The molecule has 0 saturated carbocycles. The van der Waals surface area contributed by atoms with Crippen molar-refractivity contribution in [2.24, 2.45) is 0 Å². The quantitative estimate of drug-likeness (QED) is 0.633. The molecule has 2 N–H and O–H groups in total. The van der Waals surface area contributed by atoms with Gasteiger partial charge in [-0.25, -0.2) is 4.98 Å². The first-order valence-electron chi connectivity index (χ1n) is 8.13. The number of benzene rings is 1. The van der Waals surface area contributed by atoms with Crippen LogP contribution in [0.5, 0.6) is 5.88 Å². The van der Waals surface area contributed by atoms with Crippen molar-refractivity contribution in [3.8, 4) is 17.3 Å². The van der Waals surface area contributed by atoms with E-state index in [0.717, 1.165) is 5.56 Å². The maximum absolute atomic E-state index is 12.0. The molecule has 2 aromatic heterocycles. The van der Waals surface area contributed by atoms with Crippen molar-refractivity contribution >= 4 is 17.5 Å². The van der Waals surface area contributed by atoms with Gasteiger partial charge in [-0.3, -0.25) is 9.59 Å². The Kier molecular flexibility index (Phi) is 5.73. The van der Waals surface area contributed by atoms with Gasteiger partial charge >= 0.3 is 11.8 Å². The Morgan fingerprint density at radius 2 is 1.93 bits per heavy atom. The molecule has 0 aliphatic heterocycles. The number of nitrogens with zero attached hydrogens (tertiary/aromatic N) is 3. The van der Waals surface area contributed by atoms with Crippen molar-refractivity contribution in [3.63, 3.8) is 0 Å². The smallest absolute Gasteiger partial charge is 0.313 e. The highest BCUT2D eigenvalue weighted by Crippen LogP contribution is 2.19. The summed E-state index contributed by atoms with van der Waals surface area (Å²) >= 11 is 0. The number of nitrogens with one attached hydrogen (secondary N) is 2. The van der Waals surface area contributed by atoms with Crippen LogP contribution in [-0.2, 0) is 16.0 Å². The van der Waals surface area contributed by atoms with Crippen LogP contribution in [0.25, 0.3) is 11.4 Å². The molecular weight excluding hydrogens is 350 g/mol. The Hall–Kier alpha value is -3.75. The van der Waals surface area contributed by atoms with E-state index < -0.39 is 11.8 Å². The number of carbonyl (C=O) groups is 2. The van der Waals surface area contributed by atoms with E-state index in [-0.39, 0.29) is 12.4 Å². The molecule has 27 heavy (non-hydrogen) atoms. The lowest BCUT2D eigenvalue weighted by atomic mass is 10.2. The molecule has 0 spiro atoms. The second-order valence-corrected chi connectivity index (χ2v) is 5.40. The normalized spacial score (nSPS) is 10.3. The Balaban J connectivity index is 1.49. The van der Waals surface area contributed by atoms with Gasteiger partial charge in [0.2, 0.25) is 17.6 Å². The van der Waals surface area contributed by atoms with Crippen molar-refractivity contribution in [1.82, 2.24) is 20.4 Å². The summed E-state index contributed by atoms with van der Waals surface area (Å²) < 4.78 is 10.2. The average Bonchev–Trinajstić information content (AvgIpc) is 3.18. The van der Waals surface area contributed by atoms with Crippen LogP contribution in [0, 0.1) is 0 Å². The largest absolute Gasteiger partial charge is 0.480 e. The van der Waals surface area contributed by atoms with Gasteiger partial charge in [0.25, 0.3) is 0 Å². The van der Waals surface area contributed by atoms with Gasteiger partial charge in [0, 0.05) is 24.7 Å². The minimum absolute atomic E-state index is 0.173. The first-order chi connectivity index (χ1) is 13.2. The molecule has 9 heteroatoms. The fraction of sp³-hybridized carbons (Fsp3) is 0.167. The Labute approximate surface area is 154 Å². The predicted molar refractivity (Wildman–Crippen MR) is 95.9 cm³/mol. The summed E-state index contributed by atoms with van der Waals surface area (Å²) in [4.78, 5) is 32.1. The maximum Gasteiger partial charge on any atom is 0.313 e. The van der Waals surface area contributed by atoms with Gasteiger partial charge in [0.05, 0.1) is 7.11 Å². The number of anilines is 1. The van der Waals surface area contributed by atoms with Crippen molar-refractivity contribution in [3.05, 3.63) is 54.6 Å². The molecule has 3 aromatic rings. The van der Waals surface area contributed by atoms with Gasteiger partial charge in [-0.1, -0.05) is 35.5 Å². The topological polar surface area (TPSA) is 119 Å². The van der Waals surface area contributed by atoms with Gasteiger partial charge in [-0.2, -0.15) is 4.98 Å². The highest BCUT2D eigenvalue weighted by Gasteiger charge is 2.16. The Bertz CT molecular complexity index is 926. The Morgan fingerprint density at radius 1 is 1.11 bits per heavy atom. The van der Waals surface area contributed by atoms with Crippen LogP contribution in [0.4, 0.5) is 5.69 Å². The summed E-state index contributed by atoms with van der Waals surface area (Å²) in [5.74, 6) is -0.555. The third kappa shape index (κ3) is 4.66. The number of ether oxygens (including phenoxy) is 1. The molecule has 0 fully saturated rings. The highest BCUT2D eigenvalue weighted by atomic mass is 16.5. The Morgan fingerprint density at radius 3 is 2.70 bits per heavy atom. The molecule has 1 aromatic carbocycles. The molecular formula is C18H17N5O4. The third-order valence-electron chi connectivity index (χ3n) is 3.54. The summed E-state index contributed by atoms with van der Waals surface area (Å²) in [5.41, 5.74) is 1.14. The summed E-state index contributed by atoms with van der Waals surface area (Å²) in [6.07, 6.45) is 1.82. The van der Waals surface area contributed by atoms with Gasteiger partial charge in [0.1, 0.15) is 5.69 Å². The van der Waals surface area contributed by atoms with Crippen molar-refractivity contribution < 1.29 is 18.8 Å². The number of amides is 2. The highest BCUT2D eigenvalue weighted by molar-refractivity contribution is 6.39. The molecule has 0 radical (unpaired) electrons. The van der Waals surface area contributed by atoms with E-state index in [2.05, 4.69) is 25.8 Å². The van der Waals surface area contributed by atoms with E-state index in [9.17, 15) is 9.59 Å². The molecule has 0 atom stereocenters. The van der Waals surface area contributed by atoms with E-state index in [1.165, 1.54) is 13.3 Å². The molecule has 2 amide bonds. The molecule has 9 nitrogen and oxygen atoms in total. The second-order valence-electron chi connectivity index (χ2n) is 5.40. The van der Waals surface area contributed by atoms with Crippen LogP contribution in [0.1, 0.15) is 5.89 Å². The first-order valence-corrected chi connectivity index (χ1v) is 8.13. The van der Waals surface area contributed by atoms with E-state index in [0.29, 0.717) is 23.8 Å². The molecule has 0 unspecified atom stereocenters. The predicted octanol–water partition coefficient (Wildman–Crippen LogP) is 1.44. The van der Waals surface area contributed by atoms with Gasteiger partial charge in [0.15, 0.2) is 0 Å². The first kappa shape index (κ1) is 18.1. The zero-order valence-corrected chi connectivity index (χ0v) is 14.5. The average molecular weight is 367 g/mol. The minimum Gasteiger partial charge on any atom is -0.480 e. The zero-order chi connectivity index (χ0) is 19.1. The number of hydrogen-bond donors (Lipinski definition) is 2. The summed E-state index contributed by atoms with van der Waals surface area (Å²) in [6, 6.07) is 12.6. The zero-order valence-electron chi connectivity index (χ0n) is 14.5. The number of rotatable bonds is 6. The van der Waals surface area contributed by atoms with Gasteiger partial charge in [-0.15, -0.1) is 0 Å². The molecule has 0 saturated heterocycles. The number of methoxy groups -OCH3 is 1. The van der Waals surface area contributed by atoms with Crippen LogP contribution < -0.4 is 15.4 Å². The van der Waals surface area contributed by atoms with Crippen molar-refractivity contribution in [2.75, 3.05) is 19.0 Å². The fourth-order valence-corrected chi connectivity index (χ4v) is 2.25. The molecule has 2 heterocycles. The lowest BCUT2D eigenvalue weighted by Gasteiger charge is -2.08. The monoisotopic (exact) mass is 367 g/mol. The van der Waals surface area contributed by atoms with Crippen LogP contribution in [0.2, 0.25) is 0 Å². The van der Waals surface area contributed by atoms with Crippen LogP contribution in [0.15, 0.2) is 53.2 Å². The SMILES string of the molecule is COc1ncccc1NC(=O)C(=O)NCCc1nc(-c2ccccc2)no1. The lowest BCUT2D eigenvalue weighted by molar-refractivity contribution is -0.136. The second kappa shape index (κ2) is 8.56. The van der Waals surface area contributed by atoms with Crippen molar-refractivity contribution in [2.45, 2.75) is 6.42 Å². The summed E-state index contributed by atoms with van der Waals surface area (Å²) in [5, 5.41) is 8.84. The molecule has 0 aliphatic rings.